The molecule has 0 aliphatic heterocycles. The number of methoxy groups -OCH3 is 2. The van der Waals surface area contributed by atoms with E-state index in [4.69, 9.17) is 9.47 Å². The van der Waals surface area contributed by atoms with Crippen molar-refractivity contribution in [3.05, 3.63) is 29.3 Å². The van der Waals surface area contributed by atoms with Crippen LogP contribution >= 0.6 is 24.0 Å². The van der Waals surface area contributed by atoms with Crippen LogP contribution < -0.4 is 15.4 Å². The molecule has 0 unspecified atom stereocenters. The summed E-state index contributed by atoms with van der Waals surface area (Å²) in [6.45, 7) is 6.95. The Morgan fingerprint density at radius 2 is 2.00 bits per heavy atom. The lowest BCUT2D eigenvalue weighted by molar-refractivity contribution is 0.203. The average molecular weight is 407 g/mol. The van der Waals surface area contributed by atoms with Crippen molar-refractivity contribution in [1.29, 1.82) is 0 Å². The summed E-state index contributed by atoms with van der Waals surface area (Å²) in [6.07, 6.45) is 0. The van der Waals surface area contributed by atoms with Gasteiger partial charge in [-0.25, -0.2) is 4.99 Å². The standard InChI is InChI=1S/C15H25N3O2.HI/c1-5-16-15(17-8-9-19-3)18-11-13-6-7-14(20-4)12(2)10-13;/h6-7,10H,5,8-9,11H2,1-4H3,(H2,16,17,18);1H. The lowest BCUT2D eigenvalue weighted by Gasteiger charge is -2.11. The van der Waals surface area contributed by atoms with E-state index in [1.54, 1.807) is 14.2 Å². The first kappa shape index (κ1) is 20.0. The van der Waals surface area contributed by atoms with Crippen molar-refractivity contribution < 1.29 is 9.47 Å². The van der Waals surface area contributed by atoms with E-state index in [2.05, 4.69) is 21.7 Å². The molecular weight excluding hydrogens is 381 g/mol. The van der Waals surface area contributed by atoms with E-state index >= 15 is 0 Å². The van der Waals surface area contributed by atoms with Crippen LogP contribution in [0.15, 0.2) is 23.2 Å². The molecule has 0 radical (unpaired) electrons. The fourth-order valence-electron chi connectivity index (χ4n) is 1.82. The van der Waals surface area contributed by atoms with Crippen LogP contribution in [0, 0.1) is 6.92 Å². The summed E-state index contributed by atoms with van der Waals surface area (Å²) in [5, 5.41) is 6.43. The molecule has 0 spiro atoms. The predicted molar refractivity (Wildman–Crippen MR) is 97.8 cm³/mol. The fraction of sp³-hybridized carbons (Fsp3) is 0.533. The molecule has 0 atom stereocenters. The number of halogens is 1. The van der Waals surface area contributed by atoms with Crippen molar-refractivity contribution in [1.82, 2.24) is 10.6 Å². The number of rotatable bonds is 7. The molecule has 0 heterocycles. The Bertz CT molecular complexity index is 439. The molecule has 120 valence electrons. The minimum Gasteiger partial charge on any atom is -0.496 e. The summed E-state index contributed by atoms with van der Waals surface area (Å²) in [7, 11) is 3.37. The smallest absolute Gasteiger partial charge is 0.191 e. The number of nitrogens with one attached hydrogen (secondary N) is 2. The van der Waals surface area contributed by atoms with Gasteiger partial charge in [-0.2, -0.15) is 0 Å². The van der Waals surface area contributed by atoms with Crippen molar-refractivity contribution >= 4 is 29.9 Å². The summed E-state index contributed by atoms with van der Waals surface area (Å²) in [5.74, 6) is 1.71. The van der Waals surface area contributed by atoms with Gasteiger partial charge in [0.05, 0.1) is 20.3 Å². The third-order valence-electron chi connectivity index (χ3n) is 2.82. The molecular formula is C15H26IN3O2. The van der Waals surface area contributed by atoms with E-state index in [0.717, 1.165) is 35.9 Å². The zero-order chi connectivity index (χ0) is 14.8. The van der Waals surface area contributed by atoms with Crippen LogP contribution in [-0.4, -0.2) is 39.9 Å². The Morgan fingerprint density at radius 1 is 1.24 bits per heavy atom. The molecule has 0 saturated carbocycles. The van der Waals surface area contributed by atoms with E-state index in [-0.39, 0.29) is 24.0 Å². The van der Waals surface area contributed by atoms with Gasteiger partial charge in [-0.1, -0.05) is 12.1 Å². The fourth-order valence-corrected chi connectivity index (χ4v) is 1.82. The Labute approximate surface area is 144 Å². The largest absolute Gasteiger partial charge is 0.496 e. The molecule has 0 saturated heterocycles. The topological polar surface area (TPSA) is 54.9 Å². The van der Waals surface area contributed by atoms with Crippen molar-refractivity contribution in [2.24, 2.45) is 4.99 Å². The van der Waals surface area contributed by atoms with Gasteiger partial charge in [-0.3, -0.25) is 0 Å². The molecule has 6 heteroatoms. The first-order valence-electron chi connectivity index (χ1n) is 6.85. The summed E-state index contributed by atoms with van der Waals surface area (Å²) >= 11 is 0. The number of aryl methyl sites for hydroxylation is 1. The minimum absolute atomic E-state index is 0. The lowest BCUT2D eigenvalue weighted by atomic mass is 10.1. The second-order valence-electron chi connectivity index (χ2n) is 4.42. The van der Waals surface area contributed by atoms with Gasteiger partial charge in [0.1, 0.15) is 5.75 Å². The van der Waals surface area contributed by atoms with Gasteiger partial charge in [-0.15, -0.1) is 24.0 Å². The van der Waals surface area contributed by atoms with Crippen LogP contribution in [-0.2, 0) is 11.3 Å². The highest BCUT2D eigenvalue weighted by Crippen LogP contribution is 2.18. The number of aliphatic imine (C=N–C) groups is 1. The SMILES string of the molecule is CCNC(=NCc1ccc(OC)c(C)c1)NCCOC.I. The highest BCUT2D eigenvalue weighted by atomic mass is 127. The maximum Gasteiger partial charge on any atom is 0.191 e. The summed E-state index contributed by atoms with van der Waals surface area (Å²) in [4.78, 5) is 4.55. The Kier molecular flexibility index (Phi) is 11.1. The van der Waals surface area contributed by atoms with Gasteiger partial charge in [0.2, 0.25) is 0 Å². The molecule has 0 aliphatic carbocycles. The van der Waals surface area contributed by atoms with Gasteiger partial charge in [0.25, 0.3) is 0 Å². The van der Waals surface area contributed by atoms with Crippen LogP contribution in [0.5, 0.6) is 5.75 Å². The number of hydrogen-bond acceptors (Lipinski definition) is 3. The maximum absolute atomic E-state index is 5.26. The molecule has 2 N–H and O–H groups in total. The van der Waals surface area contributed by atoms with Crippen LogP contribution in [0.1, 0.15) is 18.1 Å². The normalized spacial score (nSPS) is 10.8. The zero-order valence-electron chi connectivity index (χ0n) is 13.2. The minimum atomic E-state index is 0. The molecule has 1 aromatic carbocycles. The van der Waals surface area contributed by atoms with E-state index < -0.39 is 0 Å². The van der Waals surface area contributed by atoms with Gasteiger partial charge in [0, 0.05) is 20.2 Å². The molecule has 0 amide bonds. The molecule has 0 fully saturated rings. The van der Waals surface area contributed by atoms with E-state index in [9.17, 15) is 0 Å². The molecule has 5 nitrogen and oxygen atoms in total. The molecule has 0 aromatic heterocycles. The van der Waals surface area contributed by atoms with Crippen molar-refractivity contribution in [2.75, 3.05) is 33.9 Å². The second-order valence-corrected chi connectivity index (χ2v) is 4.42. The van der Waals surface area contributed by atoms with E-state index in [1.165, 1.54) is 0 Å². The third-order valence-corrected chi connectivity index (χ3v) is 2.82. The predicted octanol–water partition coefficient (Wildman–Crippen LogP) is 2.32. The summed E-state index contributed by atoms with van der Waals surface area (Å²) < 4.78 is 10.3. The molecule has 1 aromatic rings. The van der Waals surface area contributed by atoms with Crippen molar-refractivity contribution in [2.45, 2.75) is 20.4 Å². The average Bonchev–Trinajstić information content (AvgIpc) is 2.45. The highest BCUT2D eigenvalue weighted by Gasteiger charge is 2.01. The number of hydrogen-bond donors (Lipinski definition) is 2. The Balaban J connectivity index is 0.00000400. The van der Waals surface area contributed by atoms with Crippen LogP contribution in [0.2, 0.25) is 0 Å². The van der Waals surface area contributed by atoms with Crippen molar-refractivity contribution in [3.8, 4) is 5.75 Å². The number of ether oxygens (including phenoxy) is 2. The quantitative estimate of drug-likeness (QED) is 0.315. The van der Waals surface area contributed by atoms with Gasteiger partial charge in [0.15, 0.2) is 5.96 Å². The summed E-state index contributed by atoms with van der Waals surface area (Å²) in [5.41, 5.74) is 2.28. The number of benzene rings is 1. The van der Waals surface area contributed by atoms with Crippen LogP contribution in [0.3, 0.4) is 0 Å². The van der Waals surface area contributed by atoms with Gasteiger partial charge >= 0.3 is 0 Å². The number of guanidine groups is 1. The zero-order valence-corrected chi connectivity index (χ0v) is 15.6. The highest BCUT2D eigenvalue weighted by molar-refractivity contribution is 14.0. The van der Waals surface area contributed by atoms with Gasteiger partial charge in [-0.05, 0) is 31.0 Å². The first-order chi connectivity index (χ1) is 9.71. The Morgan fingerprint density at radius 3 is 2.57 bits per heavy atom. The molecule has 21 heavy (non-hydrogen) atoms. The summed E-state index contributed by atoms with van der Waals surface area (Å²) in [6, 6.07) is 6.11. The van der Waals surface area contributed by atoms with E-state index in [0.29, 0.717) is 13.2 Å². The second kappa shape index (κ2) is 11.6. The first-order valence-corrected chi connectivity index (χ1v) is 6.85. The van der Waals surface area contributed by atoms with E-state index in [1.807, 2.05) is 26.0 Å². The Hall–Kier alpha value is -1.02. The lowest BCUT2D eigenvalue weighted by Crippen LogP contribution is -2.38. The van der Waals surface area contributed by atoms with Crippen LogP contribution in [0.25, 0.3) is 0 Å². The third kappa shape index (κ3) is 7.52. The van der Waals surface area contributed by atoms with Crippen LogP contribution in [0.4, 0.5) is 0 Å². The van der Waals surface area contributed by atoms with Gasteiger partial charge < -0.3 is 20.1 Å². The maximum atomic E-state index is 5.26. The van der Waals surface area contributed by atoms with Crippen molar-refractivity contribution in [3.63, 3.8) is 0 Å². The monoisotopic (exact) mass is 407 g/mol. The molecule has 1 rings (SSSR count). The number of nitrogens with zero attached hydrogens (tertiary/aromatic N) is 1. The molecule has 0 aliphatic rings. The molecule has 0 bridgehead atoms.